The number of carbonyl (C=O) groups is 1. The van der Waals surface area contributed by atoms with Gasteiger partial charge in [0.2, 0.25) is 5.89 Å². The third-order valence-electron chi connectivity index (χ3n) is 4.43. The smallest absolute Gasteiger partial charge is 0.408 e. The molecule has 0 radical (unpaired) electrons. The van der Waals surface area contributed by atoms with E-state index in [-0.39, 0.29) is 12.0 Å². The molecule has 2 aromatic rings. The maximum Gasteiger partial charge on any atom is 0.408 e. The Bertz CT molecular complexity index is 798. The molecule has 0 spiro atoms. The van der Waals surface area contributed by atoms with Crippen molar-refractivity contribution in [3.63, 3.8) is 0 Å². The second kappa shape index (κ2) is 9.45. The van der Waals surface area contributed by atoms with Gasteiger partial charge in [-0.3, -0.25) is 0 Å². The lowest BCUT2D eigenvalue weighted by molar-refractivity contribution is 0.0474. The lowest BCUT2D eigenvalue weighted by atomic mass is 9.99. The Kier molecular flexibility index (Phi) is 7.52. The number of hydrogen-bond donors (Lipinski definition) is 1. The monoisotopic (exact) mass is 405 g/mol. The highest BCUT2D eigenvalue weighted by Gasteiger charge is 2.28. The zero-order chi connectivity index (χ0) is 20.9. The number of ether oxygens (including phenoxy) is 1. The van der Waals surface area contributed by atoms with Gasteiger partial charge in [-0.15, -0.1) is 10.2 Å². The fraction of sp³-hybridized carbons (Fsp3) is 0.571. The molecule has 0 aliphatic rings. The van der Waals surface area contributed by atoms with Crippen molar-refractivity contribution < 1.29 is 13.9 Å². The number of hydrogen-bond acceptors (Lipinski definition) is 6. The number of alkyl carbamates (subject to hydrolysis) is 1. The summed E-state index contributed by atoms with van der Waals surface area (Å²) in [7, 11) is 0. The van der Waals surface area contributed by atoms with E-state index in [0.717, 1.165) is 12.2 Å². The number of rotatable bonds is 7. The predicted octanol–water partition coefficient (Wildman–Crippen LogP) is 5.59. The van der Waals surface area contributed by atoms with Gasteiger partial charge in [-0.25, -0.2) is 4.79 Å². The van der Waals surface area contributed by atoms with Crippen LogP contribution in [0, 0.1) is 19.8 Å². The van der Waals surface area contributed by atoms with Gasteiger partial charge in [-0.1, -0.05) is 55.8 Å². The van der Waals surface area contributed by atoms with Gasteiger partial charge in [-0.2, -0.15) is 0 Å². The SMILES string of the molecule is CC[C@H](C)[C@H](NC(=O)OC(C)(C)C)c1nnc(SCc2cc(C)ccc2C)o1. The van der Waals surface area contributed by atoms with Crippen molar-refractivity contribution in [3.05, 3.63) is 40.8 Å². The van der Waals surface area contributed by atoms with Crippen LogP contribution in [0.4, 0.5) is 4.79 Å². The maximum atomic E-state index is 12.2. The second-order valence-corrected chi connectivity index (χ2v) is 9.06. The summed E-state index contributed by atoms with van der Waals surface area (Å²) in [6, 6.07) is 6.01. The molecule has 1 aromatic carbocycles. The number of amides is 1. The zero-order valence-electron chi connectivity index (χ0n) is 17.8. The van der Waals surface area contributed by atoms with E-state index >= 15 is 0 Å². The van der Waals surface area contributed by atoms with Crippen LogP contribution in [-0.4, -0.2) is 21.9 Å². The van der Waals surface area contributed by atoms with E-state index in [1.165, 1.54) is 28.5 Å². The summed E-state index contributed by atoms with van der Waals surface area (Å²) in [6.45, 7) is 13.8. The first-order valence-corrected chi connectivity index (χ1v) is 10.6. The van der Waals surface area contributed by atoms with E-state index in [1.807, 2.05) is 27.7 Å². The summed E-state index contributed by atoms with van der Waals surface area (Å²) in [6.07, 6.45) is 0.369. The van der Waals surface area contributed by atoms with Crippen LogP contribution in [0.25, 0.3) is 0 Å². The van der Waals surface area contributed by atoms with Crippen LogP contribution in [0.2, 0.25) is 0 Å². The van der Waals surface area contributed by atoms with Crippen molar-refractivity contribution in [3.8, 4) is 0 Å². The first kappa shape index (κ1) is 22.3. The first-order valence-electron chi connectivity index (χ1n) is 9.61. The van der Waals surface area contributed by atoms with E-state index in [2.05, 4.69) is 54.5 Å². The molecule has 0 unspecified atom stereocenters. The molecule has 2 rings (SSSR count). The third kappa shape index (κ3) is 6.55. The average molecular weight is 406 g/mol. The number of nitrogens with one attached hydrogen (secondary N) is 1. The summed E-state index contributed by atoms with van der Waals surface area (Å²) in [5.74, 6) is 1.29. The average Bonchev–Trinajstić information content (AvgIpc) is 3.07. The van der Waals surface area contributed by atoms with Gasteiger partial charge in [0.25, 0.3) is 5.22 Å². The fourth-order valence-corrected chi connectivity index (χ4v) is 3.45. The largest absolute Gasteiger partial charge is 0.444 e. The van der Waals surface area contributed by atoms with Gasteiger partial charge in [-0.05, 0) is 51.7 Å². The van der Waals surface area contributed by atoms with Crippen molar-refractivity contribution in [1.29, 1.82) is 0 Å². The Balaban J connectivity index is 2.08. The molecule has 1 N–H and O–H groups in total. The number of nitrogens with zero attached hydrogens (tertiary/aromatic N) is 2. The van der Waals surface area contributed by atoms with Gasteiger partial charge in [0.15, 0.2) is 0 Å². The van der Waals surface area contributed by atoms with Crippen molar-refractivity contribution in [2.24, 2.45) is 5.92 Å². The number of carbonyl (C=O) groups excluding carboxylic acids is 1. The molecule has 0 saturated heterocycles. The summed E-state index contributed by atoms with van der Waals surface area (Å²) >= 11 is 1.50. The van der Waals surface area contributed by atoms with Gasteiger partial charge in [0.1, 0.15) is 11.6 Å². The molecule has 2 atom stereocenters. The standard InChI is InChI=1S/C21H31N3O3S/c1-8-14(3)17(22-19(25)27-21(5,6)7)18-23-24-20(26-18)28-12-16-11-13(2)9-10-15(16)4/h9-11,14,17H,8,12H2,1-7H3,(H,22,25)/t14-,17-/m0/s1. The van der Waals surface area contributed by atoms with Crippen LogP contribution in [0.3, 0.4) is 0 Å². The Morgan fingerprint density at radius 2 is 2.00 bits per heavy atom. The Labute approximate surface area is 171 Å². The topological polar surface area (TPSA) is 77.2 Å². The van der Waals surface area contributed by atoms with Gasteiger partial charge >= 0.3 is 6.09 Å². The molecular weight excluding hydrogens is 374 g/mol. The van der Waals surface area contributed by atoms with E-state index in [4.69, 9.17) is 9.15 Å². The lowest BCUT2D eigenvalue weighted by Gasteiger charge is -2.24. The molecule has 1 heterocycles. The highest BCUT2D eigenvalue weighted by Crippen LogP contribution is 2.29. The number of aromatic nitrogens is 2. The minimum Gasteiger partial charge on any atom is -0.444 e. The third-order valence-corrected chi connectivity index (χ3v) is 5.30. The Morgan fingerprint density at radius 1 is 1.29 bits per heavy atom. The normalized spacial score (nSPS) is 13.8. The molecular formula is C21H31N3O3S. The Hall–Kier alpha value is -2.02. The van der Waals surface area contributed by atoms with Crippen LogP contribution in [0.15, 0.2) is 27.8 Å². The fourth-order valence-electron chi connectivity index (χ4n) is 2.62. The molecule has 154 valence electrons. The number of aryl methyl sites for hydroxylation is 2. The summed E-state index contributed by atoms with van der Waals surface area (Å²) < 4.78 is 11.2. The summed E-state index contributed by atoms with van der Waals surface area (Å²) in [5.41, 5.74) is 3.15. The predicted molar refractivity (Wildman–Crippen MR) is 111 cm³/mol. The number of thioether (sulfide) groups is 1. The molecule has 7 heteroatoms. The molecule has 6 nitrogen and oxygen atoms in total. The maximum absolute atomic E-state index is 12.2. The molecule has 0 aliphatic heterocycles. The van der Waals surface area contributed by atoms with E-state index in [0.29, 0.717) is 11.1 Å². The van der Waals surface area contributed by atoms with E-state index < -0.39 is 11.7 Å². The van der Waals surface area contributed by atoms with Crippen molar-refractivity contribution in [2.45, 2.75) is 77.5 Å². The zero-order valence-corrected chi connectivity index (χ0v) is 18.6. The van der Waals surface area contributed by atoms with Crippen molar-refractivity contribution in [2.75, 3.05) is 0 Å². The highest BCUT2D eigenvalue weighted by atomic mass is 32.2. The summed E-state index contributed by atoms with van der Waals surface area (Å²) in [4.78, 5) is 12.2. The molecule has 1 aromatic heterocycles. The highest BCUT2D eigenvalue weighted by molar-refractivity contribution is 7.98. The summed E-state index contributed by atoms with van der Waals surface area (Å²) in [5, 5.41) is 11.7. The van der Waals surface area contributed by atoms with Gasteiger partial charge in [0, 0.05) is 5.75 Å². The Morgan fingerprint density at radius 3 is 2.64 bits per heavy atom. The van der Waals surface area contributed by atoms with E-state index in [9.17, 15) is 4.79 Å². The minimum absolute atomic E-state index is 0.129. The van der Waals surface area contributed by atoms with Crippen molar-refractivity contribution in [1.82, 2.24) is 15.5 Å². The molecule has 0 aliphatic carbocycles. The molecule has 0 saturated carbocycles. The van der Waals surface area contributed by atoms with Crippen LogP contribution < -0.4 is 5.32 Å². The minimum atomic E-state index is -0.564. The quantitative estimate of drug-likeness (QED) is 0.605. The second-order valence-electron chi connectivity index (χ2n) is 8.13. The molecule has 1 amide bonds. The van der Waals surface area contributed by atoms with Crippen LogP contribution >= 0.6 is 11.8 Å². The van der Waals surface area contributed by atoms with Gasteiger partial charge in [0.05, 0.1) is 0 Å². The molecule has 0 fully saturated rings. The molecule has 0 bridgehead atoms. The van der Waals surface area contributed by atoms with Crippen LogP contribution in [0.5, 0.6) is 0 Å². The lowest BCUT2D eigenvalue weighted by Crippen LogP contribution is -2.37. The van der Waals surface area contributed by atoms with Crippen LogP contribution in [0.1, 0.15) is 69.7 Å². The first-order chi connectivity index (χ1) is 13.1. The van der Waals surface area contributed by atoms with Crippen molar-refractivity contribution >= 4 is 17.9 Å². The number of benzene rings is 1. The van der Waals surface area contributed by atoms with Crippen LogP contribution in [-0.2, 0) is 10.5 Å². The van der Waals surface area contributed by atoms with Gasteiger partial charge < -0.3 is 14.5 Å². The molecule has 28 heavy (non-hydrogen) atoms. The van der Waals surface area contributed by atoms with E-state index in [1.54, 1.807) is 0 Å².